The Balaban J connectivity index is 1.97. The Hall–Kier alpha value is -1.62. The van der Waals surface area contributed by atoms with Gasteiger partial charge in [-0.2, -0.15) is 0 Å². The first-order valence-electron chi connectivity index (χ1n) is 5.75. The van der Waals surface area contributed by atoms with Crippen LogP contribution in [0.1, 0.15) is 13.3 Å². The molecule has 2 N–H and O–H groups in total. The highest BCUT2D eigenvalue weighted by Gasteiger charge is 2.29. The van der Waals surface area contributed by atoms with Gasteiger partial charge in [0, 0.05) is 6.07 Å². The fraction of sp³-hybridized carbons (Fsp3) is 0.500. The summed E-state index contributed by atoms with van der Waals surface area (Å²) < 4.78 is 4.95. The second kappa shape index (κ2) is 5.14. The lowest BCUT2D eigenvalue weighted by molar-refractivity contribution is -0.118. The number of rotatable bonds is 3. The SMILES string of the molecule is COc1ccc(NC(=O)C2NCCC2C)cn1. The normalized spacial score (nSPS) is 23.4. The maximum atomic E-state index is 11.9. The number of pyridine rings is 1. The Labute approximate surface area is 101 Å². The maximum Gasteiger partial charge on any atom is 0.241 e. The summed E-state index contributed by atoms with van der Waals surface area (Å²) in [7, 11) is 1.56. The molecule has 2 rings (SSSR count). The number of aromatic nitrogens is 1. The van der Waals surface area contributed by atoms with Gasteiger partial charge in [0.25, 0.3) is 0 Å². The van der Waals surface area contributed by atoms with Gasteiger partial charge in [0.15, 0.2) is 0 Å². The molecule has 0 aliphatic carbocycles. The molecular formula is C12H17N3O2. The number of amides is 1. The van der Waals surface area contributed by atoms with Crippen molar-refractivity contribution in [1.29, 1.82) is 0 Å². The number of carbonyl (C=O) groups is 1. The van der Waals surface area contributed by atoms with Crippen LogP contribution < -0.4 is 15.4 Å². The van der Waals surface area contributed by atoms with Crippen molar-refractivity contribution in [2.24, 2.45) is 5.92 Å². The number of nitrogens with zero attached hydrogens (tertiary/aromatic N) is 1. The molecule has 0 aromatic carbocycles. The van der Waals surface area contributed by atoms with Gasteiger partial charge >= 0.3 is 0 Å². The van der Waals surface area contributed by atoms with E-state index in [0.29, 0.717) is 17.5 Å². The molecule has 1 aromatic rings. The van der Waals surface area contributed by atoms with Gasteiger partial charge in [-0.05, 0) is 24.9 Å². The first kappa shape index (κ1) is 11.9. The van der Waals surface area contributed by atoms with Crippen LogP contribution in [0.25, 0.3) is 0 Å². The van der Waals surface area contributed by atoms with E-state index in [2.05, 4.69) is 22.5 Å². The molecule has 2 heterocycles. The summed E-state index contributed by atoms with van der Waals surface area (Å²) >= 11 is 0. The molecule has 1 aliphatic rings. The lowest BCUT2D eigenvalue weighted by atomic mass is 10.0. The summed E-state index contributed by atoms with van der Waals surface area (Å²) in [4.78, 5) is 16.0. The van der Waals surface area contributed by atoms with Gasteiger partial charge in [0.1, 0.15) is 0 Å². The van der Waals surface area contributed by atoms with E-state index in [-0.39, 0.29) is 11.9 Å². The van der Waals surface area contributed by atoms with E-state index in [0.717, 1.165) is 13.0 Å². The summed E-state index contributed by atoms with van der Waals surface area (Å²) in [6, 6.07) is 3.40. The van der Waals surface area contributed by atoms with Crippen molar-refractivity contribution in [3.8, 4) is 5.88 Å². The van der Waals surface area contributed by atoms with Crippen LogP contribution in [0.15, 0.2) is 18.3 Å². The van der Waals surface area contributed by atoms with E-state index >= 15 is 0 Å². The average Bonchev–Trinajstić information content (AvgIpc) is 2.76. The number of hydrogen-bond acceptors (Lipinski definition) is 4. The predicted molar refractivity (Wildman–Crippen MR) is 65.0 cm³/mol. The molecule has 0 saturated carbocycles. The molecule has 1 aliphatic heterocycles. The topological polar surface area (TPSA) is 63.2 Å². The van der Waals surface area contributed by atoms with Gasteiger partial charge in [-0.15, -0.1) is 0 Å². The Morgan fingerprint density at radius 1 is 1.59 bits per heavy atom. The van der Waals surface area contributed by atoms with E-state index in [1.54, 1.807) is 25.4 Å². The molecule has 2 atom stereocenters. The van der Waals surface area contributed by atoms with Gasteiger partial charge in [0.2, 0.25) is 11.8 Å². The minimum atomic E-state index is -0.0999. The van der Waals surface area contributed by atoms with Crippen molar-refractivity contribution >= 4 is 11.6 Å². The van der Waals surface area contributed by atoms with E-state index in [1.807, 2.05) is 0 Å². The lowest BCUT2D eigenvalue weighted by Crippen LogP contribution is -2.39. The van der Waals surface area contributed by atoms with Crippen LogP contribution in [-0.4, -0.2) is 30.6 Å². The molecule has 0 spiro atoms. The molecule has 1 fully saturated rings. The minimum Gasteiger partial charge on any atom is -0.481 e. The molecule has 1 amide bonds. The van der Waals surface area contributed by atoms with Crippen molar-refractivity contribution in [1.82, 2.24) is 10.3 Å². The highest BCUT2D eigenvalue weighted by molar-refractivity contribution is 5.95. The second-order valence-corrected chi connectivity index (χ2v) is 4.28. The third-order valence-corrected chi connectivity index (χ3v) is 3.03. The fourth-order valence-corrected chi connectivity index (χ4v) is 1.98. The first-order chi connectivity index (χ1) is 8.20. The second-order valence-electron chi connectivity index (χ2n) is 4.28. The third kappa shape index (κ3) is 2.74. The summed E-state index contributed by atoms with van der Waals surface area (Å²) in [6.45, 7) is 2.98. The molecule has 1 aromatic heterocycles. The Bertz CT molecular complexity index is 391. The Kier molecular flexibility index (Phi) is 3.58. The minimum absolute atomic E-state index is 0.00182. The monoisotopic (exact) mass is 235 g/mol. The van der Waals surface area contributed by atoms with Crippen LogP contribution in [-0.2, 0) is 4.79 Å². The largest absolute Gasteiger partial charge is 0.481 e. The molecule has 5 heteroatoms. The number of anilines is 1. The number of methoxy groups -OCH3 is 1. The highest BCUT2D eigenvalue weighted by atomic mass is 16.5. The highest BCUT2D eigenvalue weighted by Crippen LogP contribution is 2.17. The average molecular weight is 235 g/mol. The van der Waals surface area contributed by atoms with Gasteiger partial charge in [-0.25, -0.2) is 4.98 Å². The standard InChI is InChI=1S/C12H17N3O2/c1-8-5-6-13-11(8)12(16)15-9-3-4-10(17-2)14-7-9/h3-4,7-8,11,13H,5-6H2,1-2H3,(H,15,16). The van der Waals surface area contributed by atoms with Gasteiger partial charge < -0.3 is 15.4 Å². The first-order valence-corrected chi connectivity index (χ1v) is 5.75. The smallest absolute Gasteiger partial charge is 0.241 e. The van der Waals surface area contributed by atoms with Crippen molar-refractivity contribution in [2.75, 3.05) is 19.0 Å². The van der Waals surface area contributed by atoms with Crippen LogP contribution in [0.5, 0.6) is 5.88 Å². The number of carbonyl (C=O) groups excluding carboxylic acids is 1. The molecule has 92 valence electrons. The molecule has 17 heavy (non-hydrogen) atoms. The summed E-state index contributed by atoms with van der Waals surface area (Å²) in [5, 5.41) is 6.04. The molecular weight excluding hydrogens is 218 g/mol. The fourth-order valence-electron chi connectivity index (χ4n) is 1.98. The molecule has 0 radical (unpaired) electrons. The third-order valence-electron chi connectivity index (χ3n) is 3.03. The Morgan fingerprint density at radius 2 is 2.41 bits per heavy atom. The lowest BCUT2D eigenvalue weighted by Gasteiger charge is -2.15. The zero-order chi connectivity index (χ0) is 12.3. The summed E-state index contributed by atoms with van der Waals surface area (Å²) in [5.41, 5.74) is 0.691. The number of nitrogens with one attached hydrogen (secondary N) is 2. The van der Waals surface area contributed by atoms with Crippen molar-refractivity contribution < 1.29 is 9.53 Å². The predicted octanol–water partition coefficient (Wildman–Crippen LogP) is 1.03. The molecule has 1 saturated heterocycles. The van der Waals surface area contributed by atoms with Crippen LogP contribution >= 0.6 is 0 Å². The quantitative estimate of drug-likeness (QED) is 0.821. The van der Waals surface area contributed by atoms with E-state index in [4.69, 9.17) is 4.74 Å². The molecule has 0 bridgehead atoms. The van der Waals surface area contributed by atoms with E-state index in [9.17, 15) is 4.79 Å². The van der Waals surface area contributed by atoms with Gasteiger partial charge in [0.05, 0.1) is 25.0 Å². The summed E-state index contributed by atoms with van der Waals surface area (Å²) in [6.07, 6.45) is 2.63. The van der Waals surface area contributed by atoms with Crippen LogP contribution in [0.4, 0.5) is 5.69 Å². The maximum absolute atomic E-state index is 11.9. The van der Waals surface area contributed by atoms with Crippen LogP contribution in [0.3, 0.4) is 0 Å². The zero-order valence-electron chi connectivity index (χ0n) is 10.1. The molecule has 2 unspecified atom stereocenters. The Morgan fingerprint density at radius 3 is 2.94 bits per heavy atom. The number of ether oxygens (including phenoxy) is 1. The van der Waals surface area contributed by atoms with Crippen molar-refractivity contribution in [2.45, 2.75) is 19.4 Å². The molecule has 5 nitrogen and oxygen atoms in total. The van der Waals surface area contributed by atoms with Crippen molar-refractivity contribution in [3.05, 3.63) is 18.3 Å². The van der Waals surface area contributed by atoms with E-state index in [1.165, 1.54) is 0 Å². The van der Waals surface area contributed by atoms with E-state index < -0.39 is 0 Å². The van der Waals surface area contributed by atoms with Crippen molar-refractivity contribution in [3.63, 3.8) is 0 Å². The van der Waals surface area contributed by atoms with Crippen LogP contribution in [0.2, 0.25) is 0 Å². The van der Waals surface area contributed by atoms with Crippen LogP contribution in [0, 0.1) is 5.92 Å². The zero-order valence-corrected chi connectivity index (χ0v) is 10.1. The van der Waals surface area contributed by atoms with Gasteiger partial charge in [-0.3, -0.25) is 4.79 Å². The van der Waals surface area contributed by atoms with Gasteiger partial charge in [-0.1, -0.05) is 6.92 Å². The number of hydrogen-bond donors (Lipinski definition) is 2. The summed E-state index contributed by atoms with van der Waals surface area (Å²) in [5.74, 6) is 0.915.